The average molecular weight is 212 g/mol. The summed E-state index contributed by atoms with van der Waals surface area (Å²) in [6, 6.07) is 0.255. The predicted octanol–water partition coefficient (Wildman–Crippen LogP) is 1.26. The largest absolute Gasteiger partial charge is 0.491 e. The highest BCUT2D eigenvalue weighted by Gasteiger charge is 2.26. The van der Waals surface area contributed by atoms with Crippen molar-refractivity contribution >= 4 is 0 Å². The molecule has 1 heterocycles. The second-order valence-electron chi connectivity index (χ2n) is 5.07. The normalized spacial score (nSPS) is 12.2. The Balaban J connectivity index is 3.10. The van der Waals surface area contributed by atoms with E-state index in [2.05, 4.69) is 10.3 Å². The van der Waals surface area contributed by atoms with Crippen LogP contribution in [0.5, 0.6) is 5.88 Å². The lowest BCUT2D eigenvalue weighted by Crippen LogP contribution is -2.37. The molecule has 0 aliphatic carbocycles. The Morgan fingerprint density at radius 3 is 2.20 bits per heavy atom. The third-order valence-electron chi connectivity index (χ3n) is 2.39. The van der Waals surface area contributed by atoms with E-state index < -0.39 is 0 Å². The van der Waals surface area contributed by atoms with Gasteiger partial charge in [0.2, 0.25) is 0 Å². The van der Waals surface area contributed by atoms with E-state index in [1.165, 1.54) is 4.79 Å². The van der Waals surface area contributed by atoms with E-state index in [1.807, 2.05) is 46.7 Å². The molecule has 0 aliphatic rings. The predicted molar refractivity (Wildman–Crippen MR) is 59.7 cm³/mol. The second-order valence-corrected chi connectivity index (χ2v) is 5.07. The molecular weight excluding hydrogens is 192 g/mol. The van der Waals surface area contributed by atoms with Crippen molar-refractivity contribution in [1.82, 2.24) is 15.1 Å². The summed E-state index contributed by atoms with van der Waals surface area (Å²) in [5.41, 5.74) is 0.426. The molecule has 0 radical (unpaired) electrons. The van der Waals surface area contributed by atoms with E-state index in [1.54, 1.807) is 0 Å². The maximum atomic E-state index is 9.98. The van der Waals surface area contributed by atoms with Crippen LogP contribution in [0.1, 0.15) is 40.3 Å². The highest BCUT2D eigenvalue weighted by atomic mass is 16.3. The first-order chi connectivity index (χ1) is 6.75. The molecule has 1 aromatic heterocycles. The number of hydrogen-bond donors (Lipinski definition) is 1. The van der Waals surface area contributed by atoms with E-state index in [0.29, 0.717) is 5.69 Å². The molecule has 0 spiro atoms. The van der Waals surface area contributed by atoms with Crippen LogP contribution in [-0.4, -0.2) is 33.3 Å². The molecule has 0 aliphatic heterocycles. The number of hydrogen-bond acceptors (Lipinski definition) is 4. The van der Waals surface area contributed by atoms with Crippen LogP contribution < -0.4 is 5.01 Å². The van der Waals surface area contributed by atoms with Crippen LogP contribution in [0.3, 0.4) is 0 Å². The molecule has 1 aromatic rings. The number of rotatable bonds is 2. The number of aromatic hydroxyl groups is 1. The molecule has 0 bridgehead atoms. The third kappa shape index (κ3) is 2.22. The van der Waals surface area contributed by atoms with Gasteiger partial charge in [-0.25, -0.2) is 0 Å². The first-order valence-corrected chi connectivity index (χ1v) is 5.13. The summed E-state index contributed by atoms with van der Waals surface area (Å²) in [6.07, 6.45) is 0. The highest BCUT2D eigenvalue weighted by molar-refractivity contribution is 5.24. The monoisotopic (exact) mass is 212 g/mol. The van der Waals surface area contributed by atoms with Gasteiger partial charge in [-0.05, 0) is 19.1 Å². The van der Waals surface area contributed by atoms with Crippen LogP contribution in [0.15, 0.2) is 0 Å². The van der Waals surface area contributed by atoms with Crippen molar-refractivity contribution in [2.45, 2.75) is 46.1 Å². The standard InChI is InChI=1S/C10H20N4O/c1-7(2)13(6)14-9(15)8(11-12-14)10(3,4)5/h7,15H,1-6H3. The molecule has 0 aromatic carbocycles. The molecule has 1 rings (SSSR count). The van der Waals surface area contributed by atoms with Crippen LogP contribution in [0.2, 0.25) is 0 Å². The van der Waals surface area contributed by atoms with E-state index >= 15 is 0 Å². The van der Waals surface area contributed by atoms with Crippen molar-refractivity contribution in [2.24, 2.45) is 0 Å². The molecule has 0 fully saturated rings. The van der Waals surface area contributed by atoms with Gasteiger partial charge in [0.15, 0.2) is 0 Å². The zero-order valence-electron chi connectivity index (χ0n) is 10.3. The fourth-order valence-electron chi connectivity index (χ4n) is 1.19. The maximum Gasteiger partial charge on any atom is 0.254 e. The Morgan fingerprint density at radius 2 is 1.87 bits per heavy atom. The Bertz CT molecular complexity index is 338. The topological polar surface area (TPSA) is 54.2 Å². The molecule has 0 unspecified atom stereocenters. The van der Waals surface area contributed by atoms with Gasteiger partial charge in [-0.15, -0.1) is 9.89 Å². The first-order valence-electron chi connectivity index (χ1n) is 5.13. The molecule has 0 saturated heterocycles. The molecule has 86 valence electrons. The number of nitrogens with zero attached hydrogens (tertiary/aromatic N) is 4. The third-order valence-corrected chi connectivity index (χ3v) is 2.39. The van der Waals surface area contributed by atoms with Crippen molar-refractivity contribution in [3.05, 3.63) is 5.69 Å². The van der Waals surface area contributed by atoms with Crippen LogP contribution in [0.4, 0.5) is 0 Å². The van der Waals surface area contributed by atoms with Gasteiger partial charge in [0.05, 0.1) is 0 Å². The van der Waals surface area contributed by atoms with Crippen molar-refractivity contribution < 1.29 is 5.11 Å². The Kier molecular flexibility index (Phi) is 2.93. The Morgan fingerprint density at radius 1 is 1.33 bits per heavy atom. The van der Waals surface area contributed by atoms with Gasteiger partial charge in [-0.1, -0.05) is 20.8 Å². The summed E-state index contributed by atoms with van der Waals surface area (Å²) in [7, 11) is 1.87. The molecule has 1 N–H and O–H groups in total. The molecule has 5 nitrogen and oxygen atoms in total. The summed E-state index contributed by atoms with van der Waals surface area (Å²) >= 11 is 0. The quantitative estimate of drug-likeness (QED) is 0.801. The van der Waals surface area contributed by atoms with E-state index in [9.17, 15) is 5.11 Å². The number of aromatic nitrogens is 3. The van der Waals surface area contributed by atoms with Crippen LogP contribution in [0.25, 0.3) is 0 Å². The van der Waals surface area contributed by atoms with Gasteiger partial charge in [0.25, 0.3) is 5.88 Å². The van der Waals surface area contributed by atoms with E-state index in [0.717, 1.165) is 0 Å². The van der Waals surface area contributed by atoms with Crippen LogP contribution in [-0.2, 0) is 5.41 Å². The minimum atomic E-state index is -0.194. The smallest absolute Gasteiger partial charge is 0.254 e. The zero-order chi connectivity index (χ0) is 11.8. The highest BCUT2D eigenvalue weighted by Crippen LogP contribution is 2.27. The molecule has 15 heavy (non-hydrogen) atoms. The molecule has 0 amide bonds. The van der Waals surface area contributed by atoms with Gasteiger partial charge >= 0.3 is 0 Å². The van der Waals surface area contributed by atoms with Crippen molar-refractivity contribution in [3.63, 3.8) is 0 Å². The Hall–Kier alpha value is -1.26. The summed E-state index contributed by atoms with van der Waals surface area (Å²) in [6.45, 7) is 10.0. The molecule has 0 saturated carbocycles. The van der Waals surface area contributed by atoms with Gasteiger partial charge in [-0.2, -0.15) is 0 Å². The lowest BCUT2D eigenvalue weighted by atomic mass is 9.93. The fraction of sp³-hybridized carbons (Fsp3) is 0.800. The van der Waals surface area contributed by atoms with Crippen molar-refractivity contribution in [1.29, 1.82) is 0 Å². The summed E-state index contributed by atoms with van der Waals surface area (Å²) < 4.78 is 0. The van der Waals surface area contributed by atoms with E-state index in [4.69, 9.17) is 0 Å². The summed E-state index contributed by atoms with van der Waals surface area (Å²) in [4.78, 5) is 1.44. The first kappa shape index (κ1) is 11.8. The summed E-state index contributed by atoms with van der Waals surface area (Å²) in [5.74, 6) is 0.124. The van der Waals surface area contributed by atoms with Gasteiger partial charge in [0, 0.05) is 18.5 Å². The minimum Gasteiger partial charge on any atom is -0.491 e. The van der Waals surface area contributed by atoms with Gasteiger partial charge < -0.3 is 5.11 Å². The van der Waals surface area contributed by atoms with E-state index in [-0.39, 0.29) is 17.3 Å². The lowest BCUT2D eigenvalue weighted by Gasteiger charge is -2.23. The maximum absolute atomic E-state index is 9.98. The zero-order valence-corrected chi connectivity index (χ0v) is 10.3. The van der Waals surface area contributed by atoms with Crippen molar-refractivity contribution in [2.75, 3.05) is 12.1 Å². The fourth-order valence-corrected chi connectivity index (χ4v) is 1.19. The molecule has 5 heteroatoms. The second kappa shape index (κ2) is 3.72. The molecular formula is C10H20N4O. The lowest BCUT2D eigenvalue weighted by molar-refractivity contribution is 0.370. The minimum absolute atomic E-state index is 0.124. The molecule has 0 atom stereocenters. The van der Waals surface area contributed by atoms with Crippen molar-refractivity contribution in [3.8, 4) is 5.88 Å². The summed E-state index contributed by atoms with van der Waals surface area (Å²) in [5, 5.41) is 19.8. The Labute approximate surface area is 90.7 Å². The van der Waals surface area contributed by atoms with Gasteiger partial charge in [0.1, 0.15) is 5.69 Å². The average Bonchev–Trinajstić information content (AvgIpc) is 2.44. The SMILES string of the molecule is CC(C)N(C)n1nnc(C(C)(C)C)c1O. The van der Waals surface area contributed by atoms with Crippen LogP contribution >= 0.6 is 0 Å². The van der Waals surface area contributed by atoms with Gasteiger partial charge in [-0.3, -0.25) is 5.01 Å². The van der Waals surface area contributed by atoms with Crippen LogP contribution in [0, 0.1) is 0 Å².